The van der Waals surface area contributed by atoms with Crippen LogP contribution >= 0.6 is 0 Å². The van der Waals surface area contributed by atoms with Gasteiger partial charge < -0.3 is 10.1 Å². The number of rotatable bonds is 9. The Morgan fingerprint density at radius 1 is 1.50 bits per heavy atom. The fourth-order valence-electron chi connectivity index (χ4n) is 1.65. The van der Waals surface area contributed by atoms with E-state index in [1.807, 2.05) is 7.05 Å². The molecular weight excluding hydrogens is 278 g/mol. The topological polar surface area (TPSA) is 71.5 Å². The van der Waals surface area contributed by atoms with Crippen molar-refractivity contribution in [3.8, 4) is 0 Å². The highest BCUT2D eigenvalue weighted by Crippen LogP contribution is 2.13. The third kappa shape index (κ3) is 4.38. The highest BCUT2D eigenvalue weighted by Gasteiger charge is 2.24. The number of methoxy groups -OCH3 is 1. The summed E-state index contributed by atoms with van der Waals surface area (Å²) in [4.78, 5) is 4.04. The molecular formula is C13H21N3O3S. The Kier molecular flexibility index (Phi) is 6.80. The molecule has 20 heavy (non-hydrogen) atoms. The van der Waals surface area contributed by atoms with Crippen LogP contribution in [0, 0.1) is 0 Å². The van der Waals surface area contributed by atoms with Crippen LogP contribution in [0.1, 0.15) is 5.56 Å². The van der Waals surface area contributed by atoms with E-state index in [2.05, 4.69) is 16.9 Å². The minimum Gasteiger partial charge on any atom is -0.383 e. The first-order valence-corrected chi connectivity index (χ1v) is 7.69. The van der Waals surface area contributed by atoms with Gasteiger partial charge in [0.25, 0.3) is 10.0 Å². The summed E-state index contributed by atoms with van der Waals surface area (Å²) in [5, 5.41) is 3.02. The molecule has 0 fully saturated rings. The SMILES string of the molecule is C=CCN(CCOC)S(=O)(=O)c1ccc(CNC)cn1. The van der Waals surface area contributed by atoms with Gasteiger partial charge in [-0.3, -0.25) is 0 Å². The summed E-state index contributed by atoms with van der Waals surface area (Å²) >= 11 is 0. The van der Waals surface area contributed by atoms with Crippen LogP contribution in [0.2, 0.25) is 0 Å². The Bertz CT molecular complexity index is 514. The quantitative estimate of drug-likeness (QED) is 0.677. The van der Waals surface area contributed by atoms with E-state index in [-0.39, 0.29) is 18.1 Å². The average Bonchev–Trinajstić information content (AvgIpc) is 2.44. The lowest BCUT2D eigenvalue weighted by atomic mass is 10.3. The molecule has 6 nitrogen and oxygen atoms in total. The van der Waals surface area contributed by atoms with Gasteiger partial charge in [-0.1, -0.05) is 12.1 Å². The molecule has 0 aliphatic carbocycles. The Hall–Kier alpha value is -1.28. The molecule has 0 saturated heterocycles. The molecule has 0 bridgehead atoms. The van der Waals surface area contributed by atoms with E-state index in [9.17, 15) is 8.42 Å². The van der Waals surface area contributed by atoms with Crippen LogP contribution in [0.3, 0.4) is 0 Å². The number of aromatic nitrogens is 1. The minimum atomic E-state index is -3.62. The van der Waals surface area contributed by atoms with Crippen molar-refractivity contribution >= 4 is 10.0 Å². The van der Waals surface area contributed by atoms with Gasteiger partial charge in [0.15, 0.2) is 5.03 Å². The number of ether oxygens (including phenoxy) is 1. The summed E-state index contributed by atoms with van der Waals surface area (Å²) in [5.74, 6) is 0. The lowest BCUT2D eigenvalue weighted by Crippen LogP contribution is -2.34. The third-order valence-corrected chi connectivity index (χ3v) is 4.44. The van der Waals surface area contributed by atoms with Crippen molar-refractivity contribution in [2.24, 2.45) is 0 Å². The predicted molar refractivity (Wildman–Crippen MR) is 77.8 cm³/mol. The number of nitrogens with one attached hydrogen (secondary N) is 1. The van der Waals surface area contributed by atoms with Crippen LogP contribution in [-0.4, -0.2) is 51.6 Å². The van der Waals surface area contributed by atoms with Crippen molar-refractivity contribution in [1.29, 1.82) is 0 Å². The fourth-order valence-corrected chi connectivity index (χ4v) is 2.96. The van der Waals surface area contributed by atoms with Crippen LogP contribution in [0.25, 0.3) is 0 Å². The van der Waals surface area contributed by atoms with Gasteiger partial charge in [0.1, 0.15) is 0 Å². The van der Waals surface area contributed by atoms with E-state index in [1.54, 1.807) is 18.3 Å². The summed E-state index contributed by atoms with van der Waals surface area (Å²) in [7, 11) is -0.265. The fraction of sp³-hybridized carbons (Fsp3) is 0.462. The first-order valence-electron chi connectivity index (χ1n) is 6.25. The predicted octanol–water partition coefficient (Wildman–Crippen LogP) is 0.624. The van der Waals surface area contributed by atoms with E-state index >= 15 is 0 Å². The molecule has 112 valence electrons. The number of sulfonamides is 1. The molecule has 0 spiro atoms. The summed E-state index contributed by atoms with van der Waals surface area (Å²) in [6, 6.07) is 3.27. The van der Waals surface area contributed by atoms with E-state index < -0.39 is 10.0 Å². The molecule has 1 heterocycles. The first kappa shape index (κ1) is 16.8. The molecule has 7 heteroatoms. The summed E-state index contributed by atoms with van der Waals surface area (Å²) in [5.41, 5.74) is 0.929. The second-order valence-corrected chi connectivity index (χ2v) is 6.06. The molecule has 0 radical (unpaired) electrons. The first-order chi connectivity index (χ1) is 9.56. The average molecular weight is 299 g/mol. The molecule has 0 saturated carbocycles. The molecule has 0 unspecified atom stereocenters. The number of hydrogen-bond acceptors (Lipinski definition) is 5. The Morgan fingerprint density at radius 2 is 2.25 bits per heavy atom. The maximum Gasteiger partial charge on any atom is 0.260 e. The van der Waals surface area contributed by atoms with Crippen molar-refractivity contribution in [3.63, 3.8) is 0 Å². The van der Waals surface area contributed by atoms with Crippen molar-refractivity contribution in [1.82, 2.24) is 14.6 Å². The number of pyridine rings is 1. The van der Waals surface area contributed by atoms with Crippen LogP contribution < -0.4 is 5.32 Å². The zero-order chi connectivity index (χ0) is 15.0. The van der Waals surface area contributed by atoms with Crippen molar-refractivity contribution in [3.05, 3.63) is 36.5 Å². The maximum absolute atomic E-state index is 12.4. The molecule has 1 aromatic rings. The molecule has 1 rings (SSSR count). The zero-order valence-corrected chi connectivity index (χ0v) is 12.7. The second kappa shape index (κ2) is 8.11. The van der Waals surface area contributed by atoms with E-state index in [4.69, 9.17) is 4.74 Å². The normalized spacial score (nSPS) is 11.8. The number of nitrogens with zero attached hydrogens (tertiary/aromatic N) is 2. The van der Waals surface area contributed by atoms with E-state index in [0.29, 0.717) is 13.2 Å². The van der Waals surface area contributed by atoms with Crippen LogP contribution in [0.4, 0.5) is 0 Å². The molecule has 0 atom stereocenters. The van der Waals surface area contributed by atoms with Gasteiger partial charge in [0.05, 0.1) is 6.61 Å². The van der Waals surface area contributed by atoms with Crippen molar-refractivity contribution in [2.45, 2.75) is 11.6 Å². The lowest BCUT2D eigenvalue weighted by molar-refractivity contribution is 0.182. The molecule has 1 aromatic heterocycles. The smallest absolute Gasteiger partial charge is 0.260 e. The Morgan fingerprint density at radius 3 is 2.75 bits per heavy atom. The maximum atomic E-state index is 12.4. The van der Waals surface area contributed by atoms with Gasteiger partial charge in [-0.2, -0.15) is 4.31 Å². The van der Waals surface area contributed by atoms with Crippen LogP contribution in [0.5, 0.6) is 0 Å². The Balaban J connectivity index is 2.96. The molecule has 0 aliphatic rings. The van der Waals surface area contributed by atoms with E-state index in [1.165, 1.54) is 17.5 Å². The molecule has 0 aliphatic heterocycles. The summed E-state index contributed by atoms with van der Waals surface area (Å²) in [6.45, 7) is 5.05. The molecule has 1 N–H and O–H groups in total. The van der Waals surface area contributed by atoms with Gasteiger partial charge in [0.2, 0.25) is 0 Å². The van der Waals surface area contributed by atoms with Gasteiger partial charge in [0, 0.05) is 32.9 Å². The van der Waals surface area contributed by atoms with Gasteiger partial charge in [-0.25, -0.2) is 13.4 Å². The summed E-state index contributed by atoms with van der Waals surface area (Å²) < 4.78 is 31.1. The third-order valence-electron chi connectivity index (χ3n) is 2.66. The van der Waals surface area contributed by atoms with Crippen molar-refractivity contribution in [2.75, 3.05) is 33.9 Å². The van der Waals surface area contributed by atoms with Crippen LogP contribution in [0.15, 0.2) is 36.0 Å². The van der Waals surface area contributed by atoms with Crippen LogP contribution in [-0.2, 0) is 21.3 Å². The van der Waals surface area contributed by atoms with Gasteiger partial charge in [-0.15, -0.1) is 6.58 Å². The zero-order valence-electron chi connectivity index (χ0n) is 11.9. The molecule has 0 aromatic carbocycles. The van der Waals surface area contributed by atoms with Gasteiger partial charge >= 0.3 is 0 Å². The Labute approximate surface area is 120 Å². The summed E-state index contributed by atoms with van der Waals surface area (Å²) in [6.07, 6.45) is 3.11. The van der Waals surface area contributed by atoms with Gasteiger partial charge in [-0.05, 0) is 18.7 Å². The minimum absolute atomic E-state index is 0.0373. The standard InChI is InChI=1S/C13H21N3O3S/c1-4-7-16(8-9-19-3)20(17,18)13-6-5-12(10-14-2)11-15-13/h4-6,11,14H,1,7-10H2,2-3H3. The number of hydrogen-bond donors (Lipinski definition) is 1. The molecule has 0 amide bonds. The van der Waals surface area contributed by atoms with Crippen molar-refractivity contribution < 1.29 is 13.2 Å². The largest absolute Gasteiger partial charge is 0.383 e. The lowest BCUT2D eigenvalue weighted by Gasteiger charge is -2.19. The second-order valence-electron chi connectivity index (χ2n) is 4.18. The highest BCUT2D eigenvalue weighted by atomic mass is 32.2. The monoisotopic (exact) mass is 299 g/mol. The highest BCUT2D eigenvalue weighted by molar-refractivity contribution is 7.89. The van der Waals surface area contributed by atoms with E-state index in [0.717, 1.165) is 5.56 Å².